The van der Waals surface area contributed by atoms with Crippen molar-refractivity contribution < 1.29 is 14.3 Å². The molecular formula is C14H22N4O3S. The molecule has 0 atom stereocenters. The monoisotopic (exact) mass is 326 g/mol. The molecule has 1 aliphatic rings. The van der Waals surface area contributed by atoms with E-state index in [1.165, 1.54) is 11.3 Å². The molecular weight excluding hydrogens is 304 g/mol. The first-order valence-electron chi connectivity index (χ1n) is 7.24. The van der Waals surface area contributed by atoms with Crippen molar-refractivity contribution in [1.82, 2.24) is 15.2 Å². The van der Waals surface area contributed by atoms with Crippen LogP contribution >= 0.6 is 11.3 Å². The van der Waals surface area contributed by atoms with E-state index >= 15 is 0 Å². The maximum absolute atomic E-state index is 12.2. The Hall–Kier alpha value is -1.83. The Morgan fingerprint density at radius 2 is 2.05 bits per heavy atom. The number of piperidine rings is 1. The minimum atomic E-state index is -0.509. The molecule has 2 rings (SSSR count). The SMILES string of the molecule is CC(C)(C)OC(=O)NC1CCN(C(=O)c2csc(N)n2)CC1. The Balaban J connectivity index is 1.80. The molecule has 1 saturated heterocycles. The van der Waals surface area contributed by atoms with Crippen LogP contribution in [-0.2, 0) is 4.74 Å². The van der Waals surface area contributed by atoms with Crippen molar-refractivity contribution >= 4 is 28.5 Å². The lowest BCUT2D eigenvalue weighted by Crippen LogP contribution is -2.47. The highest BCUT2D eigenvalue weighted by atomic mass is 32.1. The van der Waals surface area contributed by atoms with Gasteiger partial charge in [-0.15, -0.1) is 11.3 Å². The number of anilines is 1. The summed E-state index contributed by atoms with van der Waals surface area (Å²) < 4.78 is 5.23. The van der Waals surface area contributed by atoms with E-state index in [1.54, 1.807) is 10.3 Å². The molecule has 0 spiro atoms. The van der Waals surface area contributed by atoms with E-state index in [2.05, 4.69) is 10.3 Å². The molecule has 0 radical (unpaired) electrons. The van der Waals surface area contributed by atoms with Crippen LogP contribution in [-0.4, -0.2) is 46.6 Å². The van der Waals surface area contributed by atoms with Gasteiger partial charge in [0, 0.05) is 24.5 Å². The summed E-state index contributed by atoms with van der Waals surface area (Å²) in [5.74, 6) is -0.108. The second-order valence-corrected chi connectivity index (χ2v) is 7.17. The van der Waals surface area contributed by atoms with E-state index in [0.29, 0.717) is 36.8 Å². The van der Waals surface area contributed by atoms with Gasteiger partial charge in [-0.3, -0.25) is 4.79 Å². The molecule has 0 saturated carbocycles. The average Bonchev–Trinajstić information content (AvgIpc) is 2.83. The Kier molecular flexibility index (Phi) is 4.90. The Labute approximate surface area is 133 Å². The number of likely N-dealkylation sites (tertiary alicyclic amines) is 1. The fourth-order valence-corrected chi connectivity index (χ4v) is 2.79. The van der Waals surface area contributed by atoms with Crippen LogP contribution < -0.4 is 11.1 Å². The Morgan fingerprint density at radius 1 is 1.41 bits per heavy atom. The van der Waals surface area contributed by atoms with Crippen LogP contribution in [0.1, 0.15) is 44.1 Å². The number of hydrogen-bond acceptors (Lipinski definition) is 6. The maximum atomic E-state index is 12.2. The summed E-state index contributed by atoms with van der Waals surface area (Å²) in [6.45, 7) is 6.64. The molecule has 3 N–H and O–H groups in total. The summed E-state index contributed by atoms with van der Waals surface area (Å²) in [5, 5.41) is 4.91. The predicted octanol–water partition coefficient (Wildman–Crippen LogP) is 1.85. The summed E-state index contributed by atoms with van der Waals surface area (Å²) >= 11 is 1.26. The van der Waals surface area contributed by atoms with Gasteiger partial charge in [-0.05, 0) is 33.6 Å². The molecule has 2 amide bonds. The molecule has 1 aliphatic heterocycles. The highest BCUT2D eigenvalue weighted by Gasteiger charge is 2.27. The number of amides is 2. The first kappa shape index (κ1) is 16.5. The number of ether oxygens (including phenoxy) is 1. The van der Waals surface area contributed by atoms with Crippen LogP contribution in [0, 0.1) is 0 Å². The second-order valence-electron chi connectivity index (χ2n) is 6.28. The van der Waals surface area contributed by atoms with Crippen LogP contribution in [0.15, 0.2) is 5.38 Å². The van der Waals surface area contributed by atoms with Crippen molar-refractivity contribution in [3.05, 3.63) is 11.1 Å². The molecule has 0 bridgehead atoms. The fraction of sp³-hybridized carbons (Fsp3) is 0.643. The number of nitrogens with one attached hydrogen (secondary N) is 1. The van der Waals surface area contributed by atoms with Crippen LogP contribution in [0.2, 0.25) is 0 Å². The van der Waals surface area contributed by atoms with Crippen LogP contribution in [0.5, 0.6) is 0 Å². The summed E-state index contributed by atoms with van der Waals surface area (Å²) in [4.78, 5) is 29.7. The first-order chi connectivity index (χ1) is 10.2. The van der Waals surface area contributed by atoms with Gasteiger partial charge in [0.25, 0.3) is 5.91 Å². The molecule has 1 fully saturated rings. The van der Waals surface area contributed by atoms with Gasteiger partial charge in [0.2, 0.25) is 0 Å². The number of carbonyl (C=O) groups is 2. The van der Waals surface area contributed by atoms with Crippen LogP contribution in [0.25, 0.3) is 0 Å². The first-order valence-corrected chi connectivity index (χ1v) is 8.12. The van der Waals surface area contributed by atoms with Gasteiger partial charge < -0.3 is 20.7 Å². The summed E-state index contributed by atoms with van der Waals surface area (Å²) in [6.07, 6.45) is 0.986. The number of aromatic nitrogens is 1. The molecule has 1 aromatic heterocycles. The van der Waals surface area contributed by atoms with Gasteiger partial charge in [-0.2, -0.15) is 0 Å². The summed E-state index contributed by atoms with van der Waals surface area (Å²) in [7, 11) is 0. The molecule has 0 unspecified atom stereocenters. The van der Waals surface area contributed by atoms with E-state index in [4.69, 9.17) is 10.5 Å². The number of rotatable bonds is 2. The van der Waals surface area contributed by atoms with Gasteiger partial charge in [0.1, 0.15) is 11.3 Å². The topological polar surface area (TPSA) is 97.5 Å². The number of nitrogens with zero attached hydrogens (tertiary/aromatic N) is 2. The van der Waals surface area contributed by atoms with Crippen molar-refractivity contribution in [2.24, 2.45) is 0 Å². The quantitative estimate of drug-likeness (QED) is 0.864. The van der Waals surface area contributed by atoms with Crippen LogP contribution in [0.4, 0.5) is 9.93 Å². The molecule has 22 heavy (non-hydrogen) atoms. The van der Waals surface area contributed by atoms with Gasteiger partial charge in [0.15, 0.2) is 5.13 Å². The number of alkyl carbamates (subject to hydrolysis) is 1. The minimum absolute atomic E-state index is 0.0272. The van der Waals surface area contributed by atoms with Gasteiger partial charge in [-0.1, -0.05) is 0 Å². The molecule has 8 heteroatoms. The smallest absolute Gasteiger partial charge is 0.407 e. The molecule has 1 aromatic rings. The van der Waals surface area contributed by atoms with Crippen molar-refractivity contribution in [2.45, 2.75) is 45.3 Å². The molecule has 0 aromatic carbocycles. The Bertz CT molecular complexity index is 545. The highest BCUT2D eigenvalue weighted by Crippen LogP contribution is 2.17. The number of carbonyl (C=O) groups excluding carboxylic acids is 2. The second kappa shape index (κ2) is 6.51. The summed E-state index contributed by atoms with van der Waals surface area (Å²) in [6, 6.07) is 0.0272. The maximum Gasteiger partial charge on any atom is 0.407 e. The molecule has 122 valence electrons. The van der Waals surface area contributed by atoms with Crippen molar-refractivity contribution in [3.8, 4) is 0 Å². The third-order valence-electron chi connectivity index (χ3n) is 3.24. The number of hydrogen-bond donors (Lipinski definition) is 2. The van der Waals surface area contributed by atoms with Gasteiger partial charge >= 0.3 is 6.09 Å². The number of nitrogen functional groups attached to an aromatic ring is 1. The van der Waals surface area contributed by atoms with Gasteiger partial charge in [0.05, 0.1) is 0 Å². The number of nitrogens with two attached hydrogens (primary N) is 1. The van der Waals surface area contributed by atoms with E-state index in [0.717, 1.165) is 0 Å². The van der Waals surface area contributed by atoms with Gasteiger partial charge in [-0.25, -0.2) is 9.78 Å². The number of thiazole rings is 1. The lowest BCUT2D eigenvalue weighted by Gasteiger charge is -2.32. The zero-order valence-corrected chi connectivity index (χ0v) is 13.9. The van der Waals surface area contributed by atoms with E-state index in [1.807, 2.05) is 20.8 Å². The zero-order valence-electron chi connectivity index (χ0n) is 13.1. The third-order valence-corrected chi connectivity index (χ3v) is 3.92. The van der Waals surface area contributed by atoms with Crippen LogP contribution in [0.3, 0.4) is 0 Å². The van der Waals surface area contributed by atoms with E-state index < -0.39 is 11.7 Å². The van der Waals surface area contributed by atoms with Crippen molar-refractivity contribution in [1.29, 1.82) is 0 Å². The zero-order chi connectivity index (χ0) is 16.3. The lowest BCUT2D eigenvalue weighted by molar-refractivity contribution is 0.0473. The molecule has 7 nitrogen and oxygen atoms in total. The third kappa shape index (κ3) is 4.59. The standard InChI is InChI=1S/C14H22N4O3S/c1-14(2,3)21-13(20)16-9-4-6-18(7-5-9)11(19)10-8-22-12(15)17-10/h8-9H,4-7H2,1-3H3,(H2,15,17)(H,16,20). The summed E-state index contributed by atoms with van der Waals surface area (Å²) in [5.41, 5.74) is 5.43. The van der Waals surface area contributed by atoms with Crippen molar-refractivity contribution in [2.75, 3.05) is 18.8 Å². The Morgan fingerprint density at radius 3 is 2.55 bits per heavy atom. The lowest BCUT2D eigenvalue weighted by atomic mass is 10.1. The average molecular weight is 326 g/mol. The largest absolute Gasteiger partial charge is 0.444 e. The van der Waals surface area contributed by atoms with E-state index in [-0.39, 0.29) is 11.9 Å². The minimum Gasteiger partial charge on any atom is -0.444 e. The van der Waals surface area contributed by atoms with Crippen molar-refractivity contribution in [3.63, 3.8) is 0 Å². The predicted molar refractivity (Wildman–Crippen MR) is 84.8 cm³/mol. The fourth-order valence-electron chi connectivity index (χ4n) is 2.25. The normalized spacial score (nSPS) is 16.4. The highest BCUT2D eigenvalue weighted by molar-refractivity contribution is 7.13. The molecule has 0 aliphatic carbocycles. The van der Waals surface area contributed by atoms with E-state index in [9.17, 15) is 9.59 Å². The molecule has 2 heterocycles.